The SMILES string of the molecule is CCOC1CC(NC(=O)Cn2cc([N+](=O)[O-])ccc2=O)(C(=O)O)C1(C)C. The standard InChI is InChI=1S/C16H21N3O7/c1-4-26-11-7-16(14(22)23,15(11,2)3)17-12(20)9-18-8-10(19(24)25)5-6-13(18)21/h5-6,8,11H,4,7,9H2,1-3H3,(H,17,20)(H,22,23). The highest BCUT2D eigenvalue weighted by Crippen LogP contribution is 2.51. The predicted molar refractivity (Wildman–Crippen MR) is 89.7 cm³/mol. The fourth-order valence-corrected chi connectivity index (χ4v) is 3.22. The molecule has 2 atom stereocenters. The summed E-state index contributed by atoms with van der Waals surface area (Å²) in [4.78, 5) is 46.1. The Labute approximate surface area is 148 Å². The number of hydrogen-bond acceptors (Lipinski definition) is 6. The molecule has 1 fully saturated rings. The van der Waals surface area contributed by atoms with Crippen LogP contribution in [-0.2, 0) is 20.9 Å². The second kappa shape index (κ2) is 6.87. The largest absolute Gasteiger partial charge is 0.479 e. The van der Waals surface area contributed by atoms with Gasteiger partial charge in [0.2, 0.25) is 5.91 Å². The second-order valence-electron chi connectivity index (χ2n) is 6.74. The first kappa shape index (κ1) is 19.6. The van der Waals surface area contributed by atoms with Crippen molar-refractivity contribution in [1.82, 2.24) is 9.88 Å². The molecule has 1 aromatic rings. The zero-order chi connectivity index (χ0) is 19.7. The van der Waals surface area contributed by atoms with Gasteiger partial charge in [-0.25, -0.2) is 4.79 Å². The van der Waals surface area contributed by atoms with Crippen LogP contribution in [0, 0.1) is 15.5 Å². The Hall–Kier alpha value is -2.75. The van der Waals surface area contributed by atoms with Gasteiger partial charge in [0.25, 0.3) is 11.2 Å². The molecule has 1 aliphatic rings. The Bertz CT molecular complexity index is 801. The number of aromatic nitrogens is 1. The average molecular weight is 367 g/mol. The van der Waals surface area contributed by atoms with Crippen LogP contribution in [0.3, 0.4) is 0 Å². The van der Waals surface area contributed by atoms with Gasteiger partial charge in [-0.3, -0.25) is 24.3 Å². The van der Waals surface area contributed by atoms with Gasteiger partial charge in [-0.05, 0) is 6.92 Å². The van der Waals surface area contributed by atoms with Crippen molar-refractivity contribution in [1.29, 1.82) is 0 Å². The molecule has 0 spiro atoms. The molecular formula is C16H21N3O7. The van der Waals surface area contributed by atoms with Crippen LogP contribution in [0.4, 0.5) is 5.69 Å². The van der Waals surface area contributed by atoms with E-state index in [1.165, 1.54) is 0 Å². The summed E-state index contributed by atoms with van der Waals surface area (Å²) in [5.41, 5.74) is -3.34. The first-order valence-electron chi connectivity index (χ1n) is 8.06. The Morgan fingerprint density at radius 1 is 1.46 bits per heavy atom. The van der Waals surface area contributed by atoms with Gasteiger partial charge in [-0.1, -0.05) is 13.8 Å². The Morgan fingerprint density at radius 3 is 2.62 bits per heavy atom. The summed E-state index contributed by atoms with van der Waals surface area (Å²) in [5.74, 6) is -1.92. The summed E-state index contributed by atoms with van der Waals surface area (Å²) in [5, 5.41) is 23.0. The number of ether oxygens (including phenoxy) is 1. The number of carboxylic acids is 1. The monoisotopic (exact) mass is 367 g/mol. The number of hydrogen-bond donors (Lipinski definition) is 2. The van der Waals surface area contributed by atoms with E-state index in [4.69, 9.17) is 4.74 Å². The van der Waals surface area contributed by atoms with Gasteiger partial charge in [0.05, 0.1) is 17.2 Å². The lowest BCUT2D eigenvalue weighted by Crippen LogP contribution is -2.76. The molecule has 10 heteroatoms. The minimum Gasteiger partial charge on any atom is -0.479 e. The Kier molecular flexibility index (Phi) is 5.17. The molecule has 1 aromatic heterocycles. The number of carbonyl (C=O) groups excluding carboxylic acids is 1. The van der Waals surface area contributed by atoms with Gasteiger partial charge >= 0.3 is 5.97 Å². The number of pyridine rings is 1. The van der Waals surface area contributed by atoms with Crippen LogP contribution in [0.2, 0.25) is 0 Å². The van der Waals surface area contributed by atoms with Crippen molar-refractivity contribution in [2.75, 3.05) is 6.61 Å². The Morgan fingerprint density at radius 2 is 2.12 bits per heavy atom. The number of rotatable bonds is 7. The number of aliphatic carboxylic acids is 1. The number of nitrogens with zero attached hydrogens (tertiary/aromatic N) is 2. The summed E-state index contributed by atoms with van der Waals surface area (Å²) in [6, 6.07) is 2.02. The van der Waals surface area contributed by atoms with E-state index in [0.29, 0.717) is 6.61 Å². The summed E-state index contributed by atoms with van der Waals surface area (Å²) in [6.07, 6.45) is 0.715. The third-order valence-corrected chi connectivity index (χ3v) is 4.97. The highest BCUT2D eigenvalue weighted by molar-refractivity contribution is 5.89. The molecular weight excluding hydrogens is 346 g/mol. The molecule has 1 aliphatic carbocycles. The summed E-state index contributed by atoms with van der Waals surface area (Å²) in [6.45, 7) is 5.06. The molecule has 142 valence electrons. The molecule has 2 unspecified atom stereocenters. The van der Waals surface area contributed by atoms with Crippen LogP contribution in [0.15, 0.2) is 23.1 Å². The zero-order valence-corrected chi connectivity index (χ0v) is 14.7. The van der Waals surface area contributed by atoms with E-state index in [2.05, 4.69) is 5.32 Å². The van der Waals surface area contributed by atoms with E-state index in [-0.39, 0.29) is 18.2 Å². The molecule has 26 heavy (non-hydrogen) atoms. The molecule has 2 N–H and O–H groups in total. The molecule has 0 aromatic carbocycles. The Balaban J connectivity index is 2.21. The maximum absolute atomic E-state index is 12.4. The smallest absolute Gasteiger partial charge is 0.330 e. The molecule has 0 bridgehead atoms. The first-order valence-corrected chi connectivity index (χ1v) is 8.06. The lowest BCUT2D eigenvalue weighted by atomic mass is 9.54. The van der Waals surface area contributed by atoms with Crippen LogP contribution in [-0.4, -0.2) is 44.7 Å². The van der Waals surface area contributed by atoms with E-state index in [0.717, 1.165) is 22.9 Å². The average Bonchev–Trinajstić information content (AvgIpc) is 2.55. The summed E-state index contributed by atoms with van der Waals surface area (Å²) >= 11 is 0. The third-order valence-electron chi connectivity index (χ3n) is 4.97. The number of nitrogens with one attached hydrogen (secondary N) is 1. The molecule has 1 amide bonds. The van der Waals surface area contributed by atoms with Crippen LogP contribution < -0.4 is 10.9 Å². The summed E-state index contributed by atoms with van der Waals surface area (Å²) < 4.78 is 6.38. The third kappa shape index (κ3) is 3.19. The zero-order valence-electron chi connectivity index (χ0n) is 14.7. The van der Waals surface area contributed by atoms with E-state index < -0.39 is 39.9 Å². The highest BCUT2D eigenvalue weighted by Gasteiger charge is 2.66. The quantitative estimate of drug-likeness (QED) is 0.529. The normalized spacial score (nSPS) is 23.7. The van der Waals surface area contributed by atoms with Crippen molar-refractivity contribution >= 4 is 17.6 Å². The first-order chi connectivity index (χ1) is 12.0. The maximum Gasteiger partial charge on any atom is 0.330 e. The number of nitro groups is 1. The van der Waals surface area contributed by atoms with Gasteiger partial charge in [0, 0.05) is 30.6 Å². The predicted octanol–water partition coefficient (Wildman–Crippen LogP) is 0.531. The van der Waals surface area contributed by atoms with Crippen molar-refractivity contribution in [2.45, 2.75) is 45.4 Å². The molecule has 0 radical (unpaired) electrons. The highest BCUT2D eigenvalue weighted by atomic mass is 16.6. The second-order valence-corrected chi connectivity index (χ2v) is 6.74. The molecule has 0 aliphatic heterocycles. The lowest BCUT2D eigenvalue weighted by molar-refractivity contribution is -0.385. The maximum atomic E-state index is 12.4. The number of amides is 1. The van der Waals surface area contributed by atoms with Crippen molar-refractivity contribution < 1.29 is 24.4 Å². The minimum atomic E-state index is -1.53. The van der Waals surface area contributed by atoms with Crippen molar-refractivity contribution in [3.8, 4) is 0 Å². The van der Waals surface area contributed by atoms with Gasteiger partial charge in [-0.15, -0.1) is 0 Å². The topological polar surface area (TPSA) is 141 Å². The van der Waals surface area contributed by atoms with Crippen LogP contribution in [0.5, 0.6) is 0 Å². The number of carbonyl (C=O) groups is 2. The minimum absolute atomic E-state index is 0.0960. The van der Waals surface area contributed by atoms with Crippen LogP contribution in [0.1, 0.15) is 27.2 Å². The van der Waals surface area contributed by atoms with Crippen LogP contribution >= 0.6 is 0 Å². The van der Waals surface area contributed by atoms with Crippen LogP contribution in [0.25, 0.3) is 0 Å². The van der Waals surface area contributed by atoms with E-state index in [1.54, 1.807) is 20.8 Å². The molecule has 1 saturated carbocycles. The molecule has 1 heterocycles. The summed E-state index contributed by atoms with van der Waals surface area (Å²) in [7, 11) is 0. The molecule has 10 nitrogen and oxygen atoms in total. The lowest BCUT2D eigenvalue weighted by Gasteiger charge is -2.58. The number of carboxylic acid groups (broad SMARTS) is 1. The van der Waals surface area contributed by atoms with Gasteiger partial charge < -0.3 is 15.2 Å². The van der Waals surface area contributed by atoms with Gasteiger partial charge in [-0.2, -0.15) is 0 Å². The van der Waals surface area contributed by atoms with Crippen molar-refractivity contribution in [2.24, 2.45) is 5.41 Å². The fraction of sp³-hybridized carbons (Fsp3) is 0.562. The van der Waals surface area contributed by atoms with E-state index in [9.17, 15) is 29.6 Å². The fourth-order valence-electron chi connectivity index (χ4n) is 3.22. The van der Waals surface area contributed by atoms with Crippen molar-refractivity contribution in [3.63, 3.8) is 0 Å². The molecule has 0 saturated heterocycles. The van der Waals surface area contributed by atoms with E-state index >= 15 is 0 Å². The van der Waals surface area contributed by atoms with Crippen molar-refractivity contribution in [3.05, 3.63) is 38.8 Å². The van der Waals surface area contributed by atoms with Gasteiger partial charge in [0.1, 0.15) is 12.1 Å². The van der Waals surface area contributed by atoms with Gasteiger partial charge in [0.15, 0.2) is 0 Å². The van der Waals surface area contributed by atoms with E-state index in [1.807, 2.05) is 0 Å². The molecule has 2 rings (SSSR count).